The Hall–Kier alpha value is -1.42. The number of benzene rings is 1. The first-order valence-corrected chi connectivity index (χ1v) is 6.03. The van der Waals surface area contributed by atoms with Crippen LogP contribution in [0.1, 0.15) is 23.6 Å². The highest BCUT2D eigenvalue weighted by molar-refractivity contribution is 5.80. The van der Waals surface area contributed by atoms with Crippen LogP contribution in [0.5, 0.6) is 0 Å². The molecule has 1 atom stereocenters. The van der Waals surface area contributed by atoms with Crippen molar-refractivity contribution < 1.29 is 9.18 Å². The minimum absolute atomic E-state index is 0.0682. The number of nitrogens with one attached hydrogen (secondary N) is 2. The zero-order chi connectivity index (χ0) is 11.8. The largest absolute Gasteiger partial charge is 0.349 e. The van der Waals surface area contributed by atoms with Gasteiger partial charge < -0.3 is 10.6 Å². The fraction of sp³-hybridized carbons (Fsp3) is 0.462. The van der Waals surface area contributed by atoms with Gasteiger partial charge in [-0.15, -0.1) is 0 Å². The van der Waals surface area contributed by atoms with Crippen molar-refractivity contribution >= 4 is 5.91 Å². The van der Waals surface area contributed by atoms with Crippen LogP contribution in [0.15, 0.2) is 18.2 Å². The molecule has 1 unspecified atom stereocenters. The molecule has 2 N–H and O–H groups in total. The molecule has 0 saturated carbocycles. The molecule has 0 bridgehead atoms. The lowest BCUT2D eigenvalue weighted by Gasteiger charge is -2.27. The van der Waals surface area contributed by atoms with Crippen molar-refractivity contribution in [3.8, 4) is 0 Å². The van der Waals surface area contributed by atoms with Gasteiger partial charge in [0.2, 0.25) is 5.91 Å². The van der Waals surface area contributed by atoms with Crippen LogP contribution in [0.2, 0.25) is 0 Å². The third-order valence-electron chi connectivity index (χ3n) is 3.65. The molecule has 0 aromatic heterocycles. The van der Waals surface area contributed by atoms with Gasteiger partial charge in [-0.05, 0) is 36.1 Å². The van der Waals surface area contributed by atoms with Crippen molar-refractivity contribution in [1.82, 2.24) is 10.6 Å². The van der Waals surface area contributed by atoms with E-state index in [1.54, 1.807) is 12.1 Å². The molecule has 2 aliphatic rings. The Morgan fingerprint density at radius 1 is 1.41 bits per heavy atom. The summed E-state index contributed by atoms with van der Waals surface area (Å²) in [6, 6.07) is 4.90. The average Bonchev–Trinajstić information content (AvgIpc) is 2.58. The molecular weight excluding hydrogens is 219 g/mol. The summed E-state index contributed by atoms with van der Waals surface area (Å²) >= 11 is 0. The Kier molecular flexibility index (Phi) is 2.59. The molecule has 1 heterocycles. The van der Waals surface area contributed by atoms with Crippen molar-refractivity contribution in [1.29, 1.82) is 0 Å². The zero-order valence-electron chi connectivity index (χ0n) is 9.50. The zero-order valence-corrected chi connectivity index (χ0v) is 9.50. The molecule has 1 amide bonds. The topological polar surface area (TPSA) is 41.1 Å². The van der Waals surface area contributed by atoms with Gasteiger partial charge in [0, 0.05) is 13.1 Å². The smallest absolute Gasteiger partial charge is 0.226 e. The molecule has 1 saturated heterocycles. The number of fused-ring (bicyclic) bond motifs is 1. The van der Waals surface area contributed by atoms with Gasteiger partial charge in [0.25, 0.3) is 0 Å². The van der Waals surface area contributed by atoms with Gasteiger partial charge in [0.05, 0.1) is 12.0 Å². The SMILES string of the molecule is O=C(NC1CCc2cc(F)ccc21)C1CNC1. The molecule has 1 fully saturated rings. The van der Waals surface area contributed by atoms with Gasteiger partial charge >= 0.3 is 0 Å². The number of hydrogen-bond acceptors (Lipinski definition) is 2. The van der Waals surface area contributed by atoms with E-state index in [2.05, 4.69) is 10.6 Å². The number of carbonyl (C=O) groups excluding carboxylic acids is 1. The number of rotatable bonds is 2. The van der Waals surface area contributed by atoms with Crippen LogP contribution < -0.4 is 10.6 Å². The van der Waals surface area contributed by atoms with E-state index in [-0.39, 0.29) is 23.7 Å². The minimum Gasteiger partial charge on any atom is -0.349 e. The first-order valence-electron chi connectivity index (χ1n) is 6.03. The third kappa shape index (κ3) is 1.93. The number of carbonyl (C=O) groups is 1. The normalized spacial score (nSPS) is 23.0. The van der Waals surface area contributed by atoms with Crippen LogP contribution >= 0.6 is 0 Å². The van der Waals surface area contributed by atoms with Crippen molar-refractivity contribution in [3.05, 3.63) is 35.1 Å². The Bertz CT molecular complexity index is 457. The molecule has 0 radical (unpaired) electrons. The van der Waals surface area contributed by atoms with E-state index in [1.165, 1.54) is 6.07 Å². The van der Waals surface area contributed by atoms with Gasteiger partial charge in [-0.25, -0.2) is 4.39 Å². The van der Waals surface area contributed by atoms with Crippen LogP contribution in [-0.2, 0) is 11.2 Å². The van der Waals surface area contributed by atoms with Gasteiger partial charge in [0.15, 0.2) is 0 Å². The number of hydrogen-bond donors (Lipinski definition) is 2. The summed E-state index contributed by atoms with van der Waals surface area (Å²) in [6.45, 7) is 1.55. The average molecular weight is 234 g/mol. The maximum Gasteiger partial charge on any atom is 0.226 e. The van der Waals surface area contributed by atoms with Crippen molar-refractivity contribution in [3.63, 3.8) is 0 Å². The Morgan fingerprint density at radius 2 is 2.24 bits per heavy atom. The monoisotopic (exact) mass is 234 g/mol. The van der Waals surface area contributed by atoms with Crippen molar-refractivity contribution in [2.45, 2.75) is 18.9 Å². The maximum absolute atomic E-state index is 13.0. The Balaban J connectivity index is 1.72. The first kappa shape index (κ1) is 10.7. The van der Waals surface area contributed by atoms with Gasteiger partial charge in [-0.3, -0.25) is 4.79 Å². The molecule has 3 nitrogen and oxygen atoms in total. The maximum atomic E-state index is 13.0. The lowest BCUT2D eigenvalue weighted by atomic mass is 10.0. The van der Waals surface area contributed by atoms with Crippen LogP contribution in [0.4, 0.5) is 4.39 Å². The fourth-order valence-electron chi connectivity index (χ4n) is 2.50. The van der Waals surface area contributed by atoms with E-state index >= 15 is 0 Å². The summed E-state index contributed by atoms with van der Waals surface area (Å²) in [6.07, 6.45) is 1.73. The lowest BCUT2D eigenvalue weighted by molar-refractivity contribution is -0.127. The quantitative estimate of drug-likeness (QED) is 0.806. The molecule has 17 heavy (non-hydrogen) atoms. The molecule has 0 spiro atoms. The van der Waals surface area contributed by atoms with E-state index in [1.807, 2.05) is 0 Å². The summed E-state index contributed by atoms with van der Waals surface area (Å²) in [5.41, 5.74) is 2.11. The molecule has 1 aromatic carbocycles. The highest BCUT2D eigenvalue weighted by Gasteiger charge is 2.29. The van der Waals surface area contributed by atoms with E-state index in [9.17, 15) is 9.18 Å². The Labute approximate surface area is 99.4 Å². The lowest BCUT2D eigenvalue weighted by Crippen LogP contribution is -2.51. The second kappa shape index (κ2) is 4.11. The summed E-state index contributed by atoms with van der Waals surface area (Å²) in [7, 11) is 0. The summed E-state index contributed by atoms with van der Waals surface area (Å²) < 4.78 is 13.0. The predicted octanol–water partition coefficient (Wildman–Crippen LogP) is 1.15. The second-order valence-electron chi connectivity index (χ2n) is 4.80. The molecule has 90 valence electrons. The summed E-state index contributed by atoms with van der Waals surface area (Å²) in [5.74, 6) is 0.0318. The number of aryl methyl sites for hydroxylation is 1. The van der Waals surface area contributed by atoms with Gasteiger partial charge in [-0.1, -0.05) is 6.07 Å². The van der Waals surface area contributed by atoms with Crippen molar-refractivity contribution in [2.24, 2.45) is 5.92 Å². The first-order chi connectivity index (χ1) is 8.24. The van der Waals surface area contributed by atoms with E-state index < -0.39 is 0 Å². The number of halogens is 1. The highest BCUT2D eigenvalue weighted by Crippen LogP contribution is 2.31. The van der Waals surface area contributed by atoms with Crippen molar-refractivity contribution in [2.75, 3.05) is 13.1 Å². The van der Waals surface area contributed by atoms with Crippen LogP contribution in [0.3, 0.4) is 0 Å². The Morgan fingerprint density at radius 3 is 2.94 bits per heavy atom. The van der Waals surface area contributed by atoms with Gasteiger partial charge in [0.1, 0.15) is 5.82 Å². The molecule has 4 heteroatoms. The predicted molar refractivity (Wildman–Crippen MR) is 62.0 cm³/mol. The van der Waals surface area contributed by atoms with Gasteiger partial charge in [-0.2, -0.15) is 0 Å². The highest BCUT2D eigenvalue weighted by atomic mass is 19.1. The van der Waals surface area contributed by atoms with Crippen LogP contribution in [0, 0.1) is 11.7 Å². The molecular formula is C13H15FN2O. The van der Waals surface area contributed by atoms with E-state index in [0.29, 0.717) is 0 Å². The fourth-order valence-corrected chi connectivity index (χ4v) is 2.50. The van der Waals surface area contributed by atoms with E-state index in [0.717, 1.165) is 37.1 Å². The second-order valence-corrected chi connectivity index (χ2v) is 4.80. The van der Waals surface area contributed by atoms with E-state index in [4.69, 9.17) is 0 Å². The molecule has 1 aromatic rings. The third-order valence-corrected chi connectivity index (χ3v) is 3.65. The van der Waals surface area contributed by atoms with Crippen LogP contribution in [0.25, 0.3) is 0 Å². The summed E-state index contributed by atoms with van der Waals surface area (Å²) in [4.78, 5) is 11.8. The molecule has 3 rings (SSSR count). The minimum atomic E-state index is -0.195. The molecule has 1 aliphatic heterocycles. The standard InChI is InChI=1S/C13H15FN2O/c14-10-2-3-11-8(5-10)1-4-12(11)16-13(17)9-6-15-7-9/h2-3,5,9,12,15H,1,4,6-7H2,(H,16,17). The number of amides is 1. The summed E-state index contributed by atoms with van der Waals surface area (Å²) in [5, 5.41) is 6.14. The van der Waals surface area contributed by atoms with Crippen LogP contribution in [-0.4, -0.2) is 19.0 Å². The molecule has 1 aliphatic carbocycles.